The third-order valence-electron chi connectivity index (χ3n) is 4.94. The Morgan fingerprint density at radius 2 is 1.81 bits per heavy atom. The molecule has 0 saturated heterocycles. The zero-order valence-electron chi connectivity index (χ0n) is 15.1. The molecule has 3 aromatic rings. The van der Waals surface area contributed by atoms with Crippen LogP contribution in [0.15, 0.2) is 47.6 Å². The summed E-state index contributed by atoms with van der Waals surface area (Å²) < 4.78 is 1.91. The Kier molecular flexibility index (Phi) is 5.32. The van der Waals surface area contributed by atoms with E-state index in [0.717, 1.165) is 34.9 Å². The maximum Gasteiger partial charge on any atom is 0.191 e. The number of benzene rings is 2. The number of carbonyl (C=O) groups excluding carboxylic acids is 1. The molecule has 1 aromatic heterocycles. The van der Waals surface area contributed by atoms with Crippen molar-refractivity contribution < 1.29 is 4.79 Å². The maximum atomic E-state index is 12.6. The lowest BCUT2D eigenvalue weighted by molar-refractivity contribution is 0.102. The molecule has 0 aliphatic heterocycles. The van der Waals surface area contributed by atoms with E-state index in [-0.39, 0.29) is 5.78 Å². The number of Topliss-reactive ketones (excluding diaryl/α,β-unsaturated/α-hetero) is 1. The van der Waals surface area contributed by atoms with Gasteiger partial charge in [-0.2, -0.15) is 0 Å². The molecule has 0 atom stereocenters. The van der Waals surface area contributed by atoms with Gasteiger partial charge in [0.25, 0.3) is 0 Å². The fourth-order valence-corrected chi connectivity index (χ4v) is 4.34. The number of hydrogen-bond acceptors (Lipinski definition) is 4. The van der Waals surface area contributed by atoms with Crippen LogP contribution < -0.4 is 0 Å². The SMILES string of the molecule is Cn1c(SCC(=O)c2ccc3c(c2)CCCC3)nnc1-c1ccc(Cl)cc1. The predicted octanol–water partition coefficient (Wildman–Crippen LogP) is 4.99. The molecule has 1 aliphatic carbocycles. The lowest BCUT2D eigenvalue weighted by atomic mass is 9.90. The van der Waals surface area contributed by atoms with E-state index in [1.807, 2.05) is 41.9 Å². The molecule has 27 heavy (non-hydrogen) atoms. The highest BCUT2D eigenvalue weighted by Gasteiger charge is 2.16. The standard InChI is InChI=1S/C21H20ClN3OS/c1-25-20(15-8-10-18(22)11-9-15)23-24-21(25)27-13-19(26)17-7-6-14-4-2-3-5-16(14)12-17/h6-12H,2-5,13H2,1H3. The first-order chi connectivity index (χ1) is 13.1. The number of fused-ring (bicyclic) bond motifs is 1. The van der Waals surface area contributed by atoms with Crippen LogP contribution in [0.1, 0.15) is 34.3 Å². The molecule has 6 heteroatoms. The van der Waals surface area contributed by atoms with Crippen LogP contribution in [0.3, 0.4) is 0 Å². The van der Waals surface area contributed by atoms with Crippen molar-refractivity contribution in [3.63, 3.8) is 0 Å². The predicted molar refractivity (Wildman–Crippen MR) is 110 cm³/mol. The third-order valence-corrected chi connectivity index (χ3v) is 6.21. The number of nitrogens with zero attached hydrogens (tertiary/aromatic N) is 3. The van der Waals surface area contributed by atoms with Crippen molar-refractivity contribution in [2.45, 2.75) is 30.8 Å². The van der Waals surface area contributed by atoms with Gasteiger partial charge in [0.2, 0.25) is 0 Å². The molecule has 1 aliphatic rings. The average Bonchev–Trinajstić information content (AvgIpc) is 3.07. The van der Waals surface area contributed by atoms with Crippen LogP contribution in [-0.2, 0) is 19.9 Å². The second kappa shape index (κ2) is 7.87. The normalized spacial score (nSPS) is 13.4. The van der Waals surface area contributed by atoms with Crippen molar-refractivity contribution in [3.8, 4) is 11.4 Å². The van der Waals surface area contributed by atoms with E-state index in [1.165, 1.54) is 35.7 Å². The Morgan fingerprint density at radius 1 is 1.07 bits per heavy atom. The quantitative estimate of drug-likeness (QED) is 0.449. The zero-order chi connectivity index (χ0) is 18.8. The van der Waals surface area contributed by atoms with Crippen molar-refractivity contribution >= 4 is 29.1 Å². The number of aromatic nitrogens is 3. The molecule has 2 aromatic carbocycles. The van der Waals surface area contributed by atoms with Crippen LogP contribution in [0, 0.1) is 0 Å². The van der Waals surface area contributed by atoms with Gasteiger partial charge in [-0.05, 0) is 67.1 Å². The van der Waals surface area contributed by atoms with Gasteiger partial charge in [0.05, 0.1) is 5.75 Å². The van der Waals surface area contributed by atoms with Crippen molar-refractivity contribution in [1.82, 2.24) is 14.8 Å². The van der Waals surface area contributed by atoms with Crippen LogP contribution in [0.4, 0.5) is 0 Å². The van der Waals surface area contributed by atoms with E-state index in [0.29, 0.717) is 10.8 Å². The molecule has 0 N–H and O–H groups in total. The lowest BCUT2D eigenvalue weighted by Gasteiger charge is -2.16. The molecule has 138 valence electrons. The fraction of sp³-hybridized carbons (Fsp3) is 0.286. The van der Waals surface area contributed by atoms with E-state index in [2.05, 4.69) is 22.3 Å². The Bertz CT molecular complexity index is 982. The van der Waals surface area contributed by atoms with E-state index in [9.17, 15) is 4.79 Å². The number of rotatable bonds is 5. The lowest BCUT2D eigenvalue weighted by Crippen LogP contribution is -2.08. The Labute approximate surface area is 168 Å². The monoisotopic (exact) mass is 397 g/mol. The van der Waals surface area contributed by atoms with E-state index in [1.54, 1.807) is 0 Å². The minimum atomic E-state index is 0.129. The molecule has 4 rings (SSSR count). The number of ketones is 1. The summed E-state index contributed by atoms with van der Waals surface area (Å²) in [5.74, 6) is 1.24. The first-order valence-corrected chi connectivity index (χ1v) is 10.4. The zero-order valence-corrected chi connectivity index (χ0v) is 16.7. The number of aryl methyl sites for hydroxylation is 2. The number of carbonyl (C=O) groups is 1. The van der Waals surface area contributed by atoms with E-state index in [4.69, 9.17) is 11.6 Å². The Morgan fingerprint density at radius 3 is 2.59 bits per heavy atom. The van der Waals surface area contributed by atoms with Gasteiger partial charge >= 0.3 is 0 Å². The number of thioether (sulfide) groups is 1. The van der Waals surface area contributed by atoms with Crippen molar-refractivity contribution in [3.05, 3.63) is 64.2 Å². The minimum Gasteiger partial charge on any atom is -0.305 e. The van der Waals surface area contributed by atoms with Crippen LogP contribution >= 0.6 is 23.4 Å². The topological polar surface area (TPSA) is 47.8 Å². The fourth-order valence-electron chi connectivity index (χ4n) is 3.41. The number of halogens is 1. The van der Waals surface area contributed by atoms with E-state index >= 15 is 0 Å². The average molecular weight is 398 g/mol. The summed E-state index contributed by atoms with van der Waals surface area (Å²) in [5.41, 5.74) is 4.47. The molecule has 0 saturated carbocycles. The summed E-state index contributed by atoms with van der Waals surface area (Å²) in [4.78, 5) is 12.6. The molecule has 0 unspecified atom stereocenters. The highest BCUT2D eigenvalue weighted by Crippen LogP contribution is 2.26. The maximum absolute atomic E-state index is 12.6. The van der Waals surface area contributed by atoms with Crippen molar-refractivity contribution in [2.75, 3.05) is 5.75 Å². The van der Waals surface area contributed by atoms with Gasteiger partial charge in [-0.25, -0.2) is 0 Å². The van der Waals surface area contributed by atoms with Gasteiger partial charge < -0.3 is 4.57 Å². The van der Waals surface area contributed by atoms with Gasteiger partial charge in [0.1, 0.15) is 0 Å². The van der Waals surface area contributed by atoms with Gasteiger partial charge in [0.15, 0.2) is 16.8 Å². The minimum absolute atomic E-state index is 0.129. The molecule has 0 spiro atoms. The summed E-state index contributed by atoms with van der Waals surface area (Å²) in [6, 6.07) is 13.7. The second-order valence-corrected chi connectivity index (χ2v) is 8.15. The summed E-state index contributed by atoms with van der Waals surface area (Å²) in [7, 11) is 1.91. The van der Waals surface area contributed by atoms with Gasteiger partial charge in [-0.15, -0.1) is 10.2 Å². The van der Waals surface area contributed by atoms with Crippen LogP contribution in [-0.4, -0.2) is 26.3 Å². The van der Waals surface area contributed by atoms with Gasteiger partial charge in [0, 0.05) is 23.2 Å². The van der Waals surface area contributed by atoms with Crippen molar-refractivity contribution in [2.24, 2.45) is 7.05 Å². The molecular weight excluding hydrogens is 378 g/mol. The molecule has 0 fully saturated rings. The molecular formula is C21H20ClN3OS. The Hall–Kier alpha value is -2.11. The van der Waals surface area contributed by atoms with Gasteiger partial charge in [-0.3, -0.25) is 4.79 Å². The number of hydrogen-bond donors (Lipinski definition) is 0. The van der Waals surface area contributed by atoms with Crippen LogP contribution in [0.5, 0.6) is 0 Å². The molecule has 1 heterocycles. The molecule has 0 bridgehead atoms. The van der Waals surface area contributed by atoms with Crippen LogP contribution in [0.2, 0.25) is 5.02 Å². The van der Waals surface area contributed by atoms with Gasteiger partial charge in [-0.1, -0.05) is 35.5 Å². The Balaban J connectivity index is 1.46. The third kappa shape index (κ3) is 3.94. The first kappa shape index (κ1) is 18.3. The van der Waals surface area contributed by atoms with Crippen LogP contribution in [0.25, 0.3) is 11.4 Å². The molecule has 0 amide bonds. The second-order valence-electron chi connectivity index (χ2n) is 6.77. The summed E-state index contributed by atoms with van der Waals surface area (Å²) in [6.07, 6.45) is 4.67. The molecule has 0 radical (unpaired) electrons. The smallest absolute Gasteiger partial charge is 0.191 e. The largest absolute Gasteiger partial charge is 0.305 e. The van der Waals surface area contributed by atoms with Crippen molar-refractivity contribution in [1.29, 1.82) is 0 Å². The first-order valence-electron chi connectivity index (χ1n) is 9.05. The molecule has 4 nitrogen and oxygen atoms in total. The summed E-state index contributed by atoms with van der Waals surface area (Å²) in [5, 5.41) is 9.92. The summed E-state index contributed by atoms with van der Waals surface area (Å²) >= 11 is 7.37. The summed E-state index contributed by atoms with van der Waals surface area (Å²) in [6.45, 7) is 0. The highest BCUT2D eigenvalue weighted by atomic mass is 35.5. The van der Waals surface area contributed by atoms with E-state index < -0.39 is 0 Å². The highest BCUT2D eigenvalue weighted by molar-refractivity contribution is 7.99.